The zero-order chi connectivity index (χ0) is 13.1. The van der Waals surface area contributed by atoms with Gasteiger partial charge in [0.1, 0.15) is 0 Å². The molecule has 0 spiro atoms. The highest BCUT2D eigenvalue weighted by Crippen LogP contribution is 2.23. The van der Waals surface area contributed by atoms with Crippen LogP contribution in [0.25, 0.3) is 11.5 Å². The van der Waals surface area contributed by atoms with Crippen LogP contribution in [0.1, 0.15) is 5.89 Å². The molecule has 94 valence electrons. The van der Waals surface area contributed by atoms with E-state index in [2.05, 4.69) is 15.5 Å². The fourth-order valence-corrected chi connectivity index (χ4v) is 1.83. The van der Waals surface area contributed by atoms with Gasteiger partial charge in [-0.15, -0.1) is 10.2 Å². The van der Waals surface area contributed by atoms with Crippen molar-refractivity contribution in [3.05, 3.63) is 60.5 Å². The highest BCUT2D eigenvalue weighted by molar-refractivity contribution is 5.66. The number of rotatable bonds is 3. The summed E-state index contributed by atoms with van der Waals surface area (Å²) < 4.78 is 5.42. The van der Waals surface area contributed by atoms with E-state index in [1.54, 1.807) is 6.92 Å². The number of aryl methyl sites for hydroxylation is 1. The van der Waals surface area contributed by atoms with Crippen LogP contribution in [0.15, 0.2) is 59.0 Å². The predicted molar refractivity (Wildman–Crippen MR) is 74.2 cm³/mol. The van der Waals surface area contributed by atoms with E-state index in [4.69, 9.17) is 4.42 Å². The second-order valence-electron chi connectivity index (χ2n) is 4.20. The van der Waals surface area contributed by atoms with E-state index in [1.165, 1.54) is 0 Å². The zero-order valence-electron chi connectivity index (χ0n) is 10.5. The minimum atomic E-state index is 0.536. The molecule has 0 unspecified atom stereocenters. The van der Waals surface area contributed by atoms with Gasteiger partial charge < -0.3 is 9.73 Å². The van der Waals surface area contributed by atoms with E-state index < -0.39 is 0 Å². The Balaban J connectivity index is 1.88. The van der Waals surface area contributed by atoms with Gasteiger partial charge in [0.2, 0.25) is 11.8 Å². The second-order valence-corrected chi connectivity index (χ2v) is 4.20. The van der Waals surface area contributed by atoms with Crippen molar-refractivity contribution in [2.75, 3.05) is 5.32 Å². The first kappa shape index (κ1) is 11.5. The summed E-state index contributed by atoms with van der Waals surface area (Å²) in [7, 11) is 0. The van der Waals surface area contributed by atoms with Crippen LogP contribution in [0.5, 0.6) is 0 Å². The Bertz CT molecular complexity index is 677. The number of hydrogen-bond acceptors (Lipinski definition) is 4. The van der Waals surface area contributed by atoms with Crippen LogP contribution in [0, 0.1) is 6.92 Å². The number of nitrogens with one attached hydrogen (secondary N) is 1. The lowest BCUT2D eigenvalue weighted by Gasteiger charge is -2.06. The summed E-state index contributed by atoms with van der Waals surface area (Å²) in [6.07, 6.45) is 0. The van der Waals surface area contributed by atoms with Crippen molar-refractivity contribution in [2.24, 2.45) is 0 Å². The lowest BCUT2D eigenvalue weighted by Crippen LogP contribution is -1.90. The van der Waals surface area contributed by atoms with E-state index in [9.17, 15) is 0 Å². The SMILES string of the molecule is Cc1nnc(-c2cccc(Nc3ccccc3)c2)o1. The third-order valence-electron chi connectivity index (χ3n) is 2.70. The Hall–Kier alpha value is -2.62. The number of benzene rings is 2. The summed E-state index contributed by atoms with van der Waals surface area (Å²) in [6.45, 7) is 1.78. The van der Waals surface area contributed by atoms with Crippen molar-refractivity contribution < 1.29 is 4.42 Å². The molecule has 0 aliphatic heterocycles. The molecular formula is C15H13N3O. The molecule has 0 amide bonds. The maximum absolute atomic E-state index is 5.42. The normalized spacial score (nSPS) is 10.4. The van der Waals surface area contributed by atoms with Gasteiger partial charge >= 0.3 is 0 Å². The maximum atomic E-state index is 5.42. The quantitative estimate of drug-likeness (QED) is 0.769. The van der Waals surface area contributed by atoms with E-state index in [0.717, 1.165) is 16.9 Å². The van der Waals surface area contributed by atoms with Gasteiger partial charge in [-0.1, -0.05) is 24.3 Å². The van der Waals surface area contributed by atoms with Gasteiger partial charge in [0.05, 0.1) is 0 Å². The van der Waals surface area contributed by atoms with Crippen molar-refractivity contribution in [3.8, 4) is 11.5 Å². The first-order valence-corrected chi connectivity index (χ1v) is 6.04. The zero-order valence-corrected chi connectivity index (χ0v) is 10.5. The van der Waals surface area contributed by atoms with Crippen LogP contribution in [0.2, 0.25) is 0 Å². The highest BCUT2D eigenvalue weighted by atomic mass is 16.4. The summed E-state index contributed by atoms with van der Waals surface area (Å²) in [5.74, 6) is 1.10. The van der Waals surface area contributed by atoms with Crippen molar-refractivity contribution >= 4 is 11.4 Å². The minimum absolute atomic E-state index is 0.536. The summed E-state index contributed by atoms with van der Waals surface area (Å²) in [5, 5.41) is 11.2. The number of hydrogen-bond donors (Lipinski definition) is 1. The topological polar surface area (TPSA) is 51.0 Å². The average Bonchev–Trinajstić information content (AvgIpc) is 2.87. The molecule has 1 aromatic heterocycles. The smallest absolute Gasteiger partial charge is 0.247 e. The molecule has 4 nitrogen and oxygen atoms in total. The Labute approximate surface area is 111 Å². The molecule has 1 heterocycles. The van der Waals surface area contributed by atoms with E-state index in [0.29, 0.717) is 11.8 Å². The fourth-order valence-electron chi connectivity index (χ4n) is 1.83. The molecule has 0 bridgehead atoms. The lowest BCUT2D eigenvalue weighted by atomic mass is 10.2. The first-order valence-electron chi connectivity index (χ1n) is 6.04. The molecule has 0 saturated carbocycles. The van der Waals surface area contributed by atoms with Crippen LogP contribution in [0.3, 0.4) is 0 Å². The monoisotopic (exact) mass is 251 g/mol. The highest BCUT2D eigenvalue weighted by Gasteiger charge is 2.06. The van der Waals surface area contributed by atoms with Crippen molar-refractivity contribution in [3.63, 3.8) is 0 Å². The molecule has 1 N–H and O–H groups in total. The summed E-state index contributed by atoms with van der Waals surface area (Å²) >= 11 is 0. The van der Waals surface area contributed by atoms with E-state index in [1.807, 2.05) is 54.6 Å². The maximum Gasteiger partial charge on any atom is 0.247 e. The number of para-hydroxylation sites is 1. The average molecular weight is 251 g/mol. The van der Waals surface area contributed by atoms with Gasteiger partial charge in [-0.2, -0.15) is 0 Å². The van der Waals surface area contributed by atoms with E-state index in [-0.39, 0.29) is 0 Å². The van der Waals surface area contributed by atoms with Gasteiger partial charge in [0, 0.05) is 23.9 Å². The summed E-state index contributed by atoms with van der Waals surface area (Å²) in [6, 6.07) is 17.9. The Morgan fingerprint density at radius 1 is 0.895 bits per heavy atom. The molecule has 4 heteroatoms. The molecule has 3 aromatic rings. The van der Waals surface area contributed by atoms with Gasteiger partial charge in [-0.05, 0) is 30.3 Å². The van der Waals surface area contributed by atoms with Crippen LogP contribution in [-0.4, -0.2) is 10.2 Å². The summed E-state index contributed by atoms with van der Waals surface area (Å²) in [5.41, 5.74) is 2.93. The molecule has 0 aliphatic rings. The number of aromatic nitrogens is 2. The summed E-state index contributed by atoms with van der Waals surface area (Å²) in [4.78, 5) is 0. The Morgan fingerprint density at radius 3 is 2.42 bits per heavy atom. The number of anilines is 2. The molecule has 0 fully saturated rings. The fraction of sp³-hybridized carbons (Fsp3) is 0.0667. The molecule has 2 aromatic carbocycles. The van der Waals surface area contributed by atoms with Crippen LogP contribution in [-0.2, 0) is 0 Å². The van der Waals surface area contributed by atoms with Crippen LogP contribution >= 0.6 is 0 Å². The van der Waals surface area contributed by atoms with Crippen molar-refractivity contribution in [1.82, 2.24) is 10.2 Å². The molecule has 19 heavy (non-hydrogen) atoms. The van der Waals surface area contributed by atoms with Crippen LogP contribution < -0.4 is 5.32 Å². The van der Waals surface area contributed by atoms with Gasteiger partial charge in [-0.25, -0.2) is 0 Å². The number of nitrogens with zero attached hydrogens (tertiary/aromatic N) is 2. The minimum Gasteiger partial charge on any atom is -0.421 e. The molecule has 0 saturated heterocycles. The molecule has 0 radical (unpaired) electrons. The Morgan fingerprint density at radius 2 is 1.68 bits per heavy atom. The molecular weight excluding hydrogens is 238 g/mol. The van der Waals surface area contributed by atoms with Crippen molar-refractivity contribution in [1.29, 1.82) is 0 Å². The predicted octanol–water partition coefficient (Wildman–Crippen LogP) is 3.79. The Kier molecular flexibility index (Phi) is 2.98. The van der Waals surface area contributed by atoms with Crippen LogP contribution in [0.4, 0.5) is 11.4 Å². The van der Waals surface area contributed by atoms with Gasteiger partial charge in [0.15, 0.2) is 0 Å². The van der Waals surface area contributed by atoms with Crippen molar-refractivity contribution in [2.45, 2.75) is 6.92 Å². The molecule has 0 atom stereocenters. The first-order chi connectivity index (χ1) is 9.31. The van der Waals surface area contributed by atoms with E-state index >= 15 is 0 Å². The third-order valence-corrected chi connectivity index (χ3v) is 2.70. The largest absolute Gasteiger partial charge is 0.421 e. The second kappa shape index (κ2) is 4.94. The van der Waals surface area contributed by atoms with Gasteiger partial charge in [-0.3, -0.25) is 0 Å². The van der Waals surface area contributed by atoms with Gasteiger partial charge in [0.25, 0.3) is 0 Å². The molecule has 3 rings (SSSR count). The third kappa shape index (κ3) is 2.63. The standard InChI is InChI=1S/C15H13N3O/c1-11-17-18-15(19-11)12-6-5-9-14(10-12)16-13-7-3-2-4-8-13/h2-10,16H,1H3. The lowest BCUT2D eigenvalue weighted by molar-refractivity contribution is 0.533. The molecule has 0 aliphatic carbocycles.